The number of ether oxygens (including phenoxy) is 1. The van der Waals surface area contributed by atoms with Crippen molar-refractivity contribution in [2.75, 3.05) is 13.7 Å². The lowest BCUT2D eigenvalue weighted by Gasteiger charge is -2.13. The van der Waals surface area contributed by atoms with Crippen molar-refractivity contribution in [1.82, 2.24) is 5.32 Å². The van der Waals surface area contributed by atoms with Gasteiger partial charge in [0.25, 0.3) is 5.91 Å². The first-order chi connectivity index (χ1) is 7.60. The van der Waals surface area contributed by atoms with Crippen LogP contribution in [-0.2, 0) is 0 Å². The highest BCUT2D eigenvalue weighted by atomic mass is 35.5. The zero-order valence-corrected chi connectivity index (χ0v) is 9.91. The van der Waals surface area contributed by atoms with E-state index in [-0.39, 0.29) is 24.1 Å². The smallest absolute Gasteiger partial charge is 0.256 e. The van der Waals surface area contributed by atoms with Crippen molar-refractivity contribution in [3.05, 3.63) is 28.8 Å². The Hall–Kier alpha value is -1.26. The molecule has 4 nitrogen and oxygen atoms in total. The first-order valence-corrected chi connectivity index (χ1v) is 5.22. The molecular weight excluding hydrogens is 230 g/mol. The number of methoxy groups -OCH3 is 1. The number of benzene rings is 1. The second kappa shape index (κ2) is 5.72. The minimum absolute atomic E-state index is 0.126. The van der Waals surface area contributed by atoms with Gasteiger partial charge in [-0.25, -0.2) is 0 Å². The van der Waals surface area contributed by atoms with Crippen molar-refractivity contribution in [2.24, 2.45) is 0 Å². The molecule has 88 valence electrons. The van der Waals surface area contributed by atoms with Crippen LogP contribution >= 0.6 is 11.6 Å². The first kappa shape index (κ1) is 12.8. The van der Waals surface area contributed by atoms with E-state index in [9.17, 15) is 4.79 Å². The maximum atomic E-state index is 11.8. The van der Waals surface area contributed by atoms with Crippen LogP contribution < -0.4 is 10.1 Å². The Morgan fingerprint density at radius 2 is 2.31 bits per heavy atom. The van der Waals surface area contributed by atoms with Crippen molar-refractivity contribution in [3.63, 3.8) is 0 Å². The third kappa shape index (κ3) is 2.87. The van der Waals surface area contributed by atoms with E-state index >= 15 is 0 Å². The Kier molecular flexibility index (Phi) is 4.58. The monoisotopic (exact) mass is 243 g/mol. The molecule has 0 spiro atoms. The molecule has 1 unspecified atom stereocenters. The Labute approximate surface area is 99.2 Å². The zero-order chi connectivity index (χ0) is 12.1. The number of amides is 1. The number of nitrogens with one attached hydrogen (secondary N) is 1. The molecule has 16 heavy (non-hydrogen) atoms. The summed E-state index contributed by atoms with van der Waals surface area (Å²) in [5, 5.41) is 11.8. The van der Waals surface area contributed by atoms with Gasteiger partial charge >= 0.3 is 0 Å². The van der Waals surface area contributed by atoms with Crippen LogP contribution in [0.3, 0.4) is 0 Å². The lowest BCUT2D eigenvalue weighted by Crippen LogP contribution is -2.35. The van der Waals surface area contributed by atoms with Gasteiger partial charge in [-0.1, -0.05) is 17.7 Å². The summed E-state index contributed by atoms with van der Waals surface area (Å²) in [6.45, 7) is 1.57. The van der Waals surface area contributed by atoms with Crippen LogP contribution in [0.4, 0.5) is 0 Å². The lowest BCUT2D eigenvalue weighted by atomic mass is 10.1. The Balaban J connectivity index is 2.98. The molecule has 0 saturated carbocycles. The van der Waals surface area contributed by atoms with Crippen molar-refractivity contribution in [3.8, 4) is 5.75 Å². The maximum Gasteiger partial charge on any atom is 0.256 e. The number of halogens is 1. The first-order valence-electron chi connectivity index (χ1n) is 4.84. The third-order valence-corrected chi connectivity index (χ3v) is 2.39. The fourth-order valence-corrected chi connectivity index (χ4v) is 1.49. The van der Waals surface area contributed by atoms with E-state index in [1.165, 1.54) is 7.11 Å². The van der Waals surface area contributed by atoms with Crippen LogP contribution in [0.5, 0.6) is 5.75 Å². The predicted octanol–water partition coefficient (Wildman–Crippen LogP) is 1.46. The third-order valence-electron chi connectivity index (χ3n) is 2.07. The van der Waals surface area contributed by atoms with E-state index in [0.29, 0.717) is 10.8 Å². The molecular formula is C11H14ClNO3. The average molecular weight is 244 g/mol. The van der Waals surface area contributed by atoms with Crippen LogP contribution in [-0.4, -0.2) is 30.8 Å². The molecule has 1 aromatic rings. The Bertz CT molecular complexity index is 381. The summed E-state index contributed by atoms with van der Waals surface area (Å²) in [5.74, 6) is 0.0548. The van der Waals surface area contributed by atoms with E-state index in [4.69, 9.17) is 21.4 Å². The van der Waals surface area contributed by atoms with Gasteiger partial charge < -0.3 is 15.2 Å². The summed E-state index contributed by atoms with van der Waals surface area (Å²) in [6.07, 6.45) is 0. The average Bonchev–Trinajstić information content (AvgIpc) is 2.28. The zero-order valence-electron chi connectivity index (χ0n) is 9.16. The summed E-state index contributed by atoms with van der Waals surface area (Å²) in [6, 6.07) is 4.65. The molecule has 0 aliphatic carbocycles. The van der Waals surface area contributed by atoms with E-state index in [1.54, 1.807) is 25.1 Å². The van der Waals surface area contributed by atoms with Crippen LogP contribution in [0.25, 0.3) is 0 Å². The van der Waals surface area contributed by atoms with Crippen LogP contribution in [0.1, 0.15) is 17.3 Å². The molecule has 5 heteroatoms. The summed E-state index contributed by atoms with van der Waals surface area (Å²) in [5.41, 5.74) is 0.284. The molecule has 0 aromatic heterocycles. The molecule has 0 heterocycles. The molecule has 0 saturated heterocycles. The summed E-state index contributed by atoms with van der Waals surface area (Å²) in [4.78, 5) is 11.8. The highest BCUT2D eigenvalue weighted by Gasteiger charge is 2.17. The number of hydrogen-bond acceptors (Lipinski definition) is 3. The van der Waals surface area contributed by atoms with E-state index in [1.807, 2.05) is 0 Å². The van der Waals surface area contributed by atoms with Gasteiger partial charge in [-0.05, 0) is 19.1 Å². The molecule has 0 fully saturated rings. The lowest BCUT2D eigenvalue weighted by molar-refractivity contribution is 0.0919. The van der Waals surface area contributed by atoms with Gasteiger partial charge in [0.2, 0.25) is 0 Å². The van der Waals surface area contributed by atoms with Crippen LogP contribution in [0.2, 0.25) is 5.02 Å². The summed E-state index contributed by atoms with van der Waals surface area (Å²) >= 11 is 5.93. The van der Waals surface area contributed by atoms with Gasteiger partial charge in [0.1, 0.15) is 5.75 Å². The molecule has 1 atom stereocenters. The van der Waals surface area contributed by atoms with Gasteiger partial charge in [-0.3, -0.25) is 4.79 Å². The fraction of sp³-hybridized carbons (Fsp3) is 0.364. The number of hydrogen-bond donors (Lipinski definition) is 2. The van der Waals surface area contributed by atoms with Crippen molar-refractivity contribution < 1.29 is 14.6 Å². The van der Waals surface area contributed by atoms with Gasteiger partial charge in [-0.2, -0.15) is 0 Å². The van der Waals surface area contributed by atoms with Crippen molar-refractivity contribution in [2.45, 2.75) is 13.0 Å². The molecule has 2 N–H and O–H groups in total. The normalized spacial score (nSPS) is 12.0. The molecule has 0 aliphatic heterocycles. The molecule has 0 aliphatic rings. The summed E-state index contributed by atoms with van der Waals surface area (Å²) < 4.78 is 5.05. The van der Waals surface area contributed by atoms with Crippen LogP contribution in [0.15, 0.2) is 18.2 Å². The van der Waals surface area contributed by atoms with Gasteiger partial charge in [0, 0.05) is 6.04 Å². The van der Waals surface area contributed by atoms with E-state index in [2.05, 4.69) is 5.32 Å². The Morgan fingerprint density at radius 3 is 2.88 bits per heavy atom. The maximum absolute atomic E-state index is 11.8. The van der Waals surface area contributed by atoms with E-state index in [0.717, 1.165) is 0 Å². The quantitative estimate of drug-likeness (QED) is 0.842. The number of aliphatic hydroxyl groups excluding tert-OH is 1. The second-order valence-electron chi connectivity index (χ2n) is 3.37. The van der Waals surface area contributed by atoms with Crippen molar-refractivity contribution >= 4 is 17.5 Å². The molecule has 0 bridgehead atoms. The standard InChI is InChI=1S/C11H14ClNO3/c1-7(6-14)13-11(15)10-8(12)4-3-5-9(10)16-2/h3-5,7,14H,6H2,1-2H3,(H,13,15). The topological polar surface area (TPSA) is 58.6 Å². The largest absolute Gasteiger partial charge is 0.496 e. The van der Waals surface area contributed by atoms with Crippen LogP contribution in [0, 0.1) is 0 Å². The van der Waals surface area contributed by atoms with Crippen molar-refractivity contribution in [1.29, 1.82) is 0 Å². The number of aliphatic hydroxyl groups is 1. The number of rotatable bonds is 4. The highest BCUT2D eigenvalue weighted by Crippen LogP contribution is 2.25. The SMILES string of the molecule is COc1cccc(Cl)c1C(=O)NC(C)CO. The highest BCUT2D eigenvalue weighted by molar-refractivity contribution is 6.34. The van der Waals surface area contributed by atoms with E-state index < -0.39 is 0 Å². The minimum atomic E-state index is -0.357. The molecule has 1 aromatic carbocycles. The summed E-state index contributed by atoms with van der Waals surface area (Å²) in [7, 11) is 1.47. The predicted molar refractivity (Wildman–Crippen MR) is 62.0 cm³/mol. The number of carbonyl (C=O) groups excluding carboxylic acids is 1. The van der Waals surface area contributed by atoms with Gasteiger partial charge in [0.15, 0.2) is 0 Å². The van der Waals surface area contributed by atoms with Gasteiger partial charge in [-0.15, -0.1) is 0 Å². The Morgan fingerprint density at radius 1 is 1.62 bits per heavy atom. The van der Waals surface area contributed by atoms with Gasteiger partial charge in [0.05, 0.1) is 24.3 Å². The minimum Gasteiger partial charge on any atom is -0.496 e. The number of carbonyl (C=O) groups is 1. The molecule has 1 amide bonds. The molecule has 1 rings (SSSR count). The second-order valence-corrected chi connectivity index (χ2v) is 3.78. The molecule has 0 radical (unpaired) electrons. The fourth-order valence-electron chi connectivity index (χ4n) is 1.24.